The minimum Gasteiger partial charge on any atom is -0.298 e. The Kier molecular flexibility index (Phi) is 4.51. The molecule has 9 nitrogen and oxygen atoms in total. The molecule has 1 N–H and O–H groups in total. The Balaban J connectivity index is 1.92. The van der Waals surface area contributed by atoms with Gasteiger partial charge in [-0.15, -0.1) is 0 Å². The van der Waals surface area contributed by atoms with Gasteiger partial charge in [-0.2, -0.15) is 5.10 Å². The van der Waals surface area contributed by atoms with Crippen molar-refractivity contribution < 1.29 is 9.72 Å². The van der Waals surface area contributed by atoms with Gasteiger partial charge in [-0.05, 0) is 6.07 Å². The molecule has 3 aromatic rings. The van der Waals surface area contributed by atoms with Crippen LogP contribution in [0.4, 0.5) is 10.8 Å². The van der Waals surface area contributed by atoms with Crippen LogP contribution in [-0.4, -0.2) is 30.6 Å². The van der Waals surface area contributed by atoms with E-state index in [1.165, 1.54) is 41.9 Å². The van der Waals surface area contributed by atoms with Gasteiger partial charge in [-0.1, -0.05) is 38.2 Å². The van der Waals surface area contributed by atoms with Gasteiger partial charge in [-0.3, -0.25) is 20.2 Å². The largest absolute Gasteiger partial charge is 0.298 e. The quantitative estimate of drug-likeness (QED) is 0.555. The maximum absolute atomic E-state index is 12.4. The molecule has 0 aliphatic rings. The lowest BCUT2D eigenvalue weighted by Crippen LogP contribution is -2.16. The summed E-state index contributed by atoms with van der Waals surface area (Å²) in [6.45, 7) is 6.03. The second kappa shape index (κ2) is 6.64. The Morgan fingerprint density at radius 2 is 2.12 bits per heavy atom. The van der Waals surface area contributed by atoms with E-state index in [4.69, 9.17) is 0 Å². The maximum Gasteiger partial charge on any atom is 0.270 e. The summed E-state index contributed by atoms with van der Waals surface area (Å²) in [5.74, 6) is -0.465. The third-order valence-electron chi connectivity index (χ3n) is 3.49. The molecule has 10 heteroatoms. The van der Waals surface area contributed by atoms with E-state index < -0.39 is 10.8 Å². The van der Waals surface area contributed by atoms with Crippen LogP contribution in [0.2, 0.25) is 0 Å². The number of hydrogen-bond donors (Lipinski definition) is 1. The van der Waals surface area contributed by atoms with Gasteiger partial charge in [-0.25, -0.2) is 14.6 Å². The van der Waals surface area contributed by atoms with Crippen LogP contribution < -0.4 is 5.32 Å². The van der Waals surface area contributed by atoms with E-state index in [0.29, 0.717) is 5.13 Å². The highest BCUT2D eigenvalue weighted by molar-refractivity contribution is 7.18. The van der Waals surface area contributed by atoms with Crippen molar-refractivity contribution in [2.75, 3.05) is 5.32 Å². The molecule has 2 aromatic heterocycles. The van der Waals surface area contributed by atoms with E-state index >= 15 is 0 Å². The predicted molar refractivity (Wildman–Crippen MR) is 96.8 cm³/mol. The third-order valence-corrected chi connectivity index (χ3v) is 4.45. The number of carbonyl (C=O) groups excluding carboxylic acids is 1. The highest BCUT2D eigenvalue weighted by atomic mass is 32.1. The Bertz CT molecular complexity index is 959. The van der Waals surface area contributed by atoms with E-state index in [9.17, 15) is 14.9 Å². The Morgan fingerprint density at radius 3 is 2.73 bits per heavy atom. The smallest absolute Gasteiger partial charge is 0.270 e. The fourth-order valence-corrected chi connectivity index (χ4v) is 3.35. The van der Waals surface area contributed by atoms with Crippen LogP contribution in [0, 0.1) is 10.1 Å². The Morgan fingerprint density at radius 1 is 1.35 bits per heavy atom. The van der Waals surface area contributed by atoms with Crippen molar-refractivity contribution in [3.8, 4) is 5.00 Å². The summed E-state index contributed by atoms with van der Waals surface area (Å²) in [6.07, 6.45) is 2.99. The fourth-order valence-electron chi connectivity index (χ4n) is 2.25. The van der Waals surface area contributed by atoms with Crippen LogP contribution in [0.5, 0.6) is 0 Å². The highest BCUT2D eigenvalue weighted by Gasteiger charge is 2.25. The number of nitrogens with one attached hydrogen (secondary N) is 1. The first kappa shape index (κ1) is 17.7. The van der Waals surface area contributed by atoms with Crippen LogP contribution in [0.15, 0.2) is 36.9 Å². The van der Waals surface area contributed by atoms with Crippen molar-refractivity contribution in [1.82, 2.24) is 19.7 Å². The molecule has 0 saturated heterocycles. The second-order valence-corrected chi connectivity index (χ2v) is 7.50. The normalized spacial score (nSPS) is 11.3. The van der Waals surface area contributed by atoms with Crippen molar-refractivity contribution in [1.29, 1.82) is 0 Å². The van der Waals surface area contributed by atoms with Gasteiger partial charge in [0.1, 0.15) is 17.7 Å². The van der Waals surface area contributed by atoms with Gasteiger partial charge < -0.3 is 0 Å². The average Bonchev–Trinajstić information content (AvgIpc) is 3.23. The standard InChI is InChI=1S/C16H16N6O3S/c1-16(2,3)12-14(21-9-17-8-18-21)26-15(19-12)20-13(23)10-5-4-6-11(7-10)22(24)25/h4-9H,1-3H3,(H,19,20,23). The lowest BCUT2D eigenvalue weighted by molar-refractivity contribution is -0.384. The molecule has 0 aliphatic heterocycles. The molecule has 0 bridgehead atoms. The molecule has 2 heterocycles. The molecule has 134 valence electrons. The van der Waals surface area contributed by atoms with E-state index in [0.717, 1.165) is 10.7 Å². The Labute approximate surface area is 152 Å². The van der Waals surface area contributed by atoms with Gasteiger partial charge >= 0.3 is 0 Å². The molecular formula is C16H16N6O3S. The molecule has 26 heavy (non-hydrogen) atoms. The first-order valence-electron chi connectivity index (χ1n) is 7.68. The first-order valence-corrected chi connectivity index (χ1v) is 8.49. The molecule has 0 saturated carbocycles. The number of non-ortho nitro benzene ring substituents is 1. The molecule has 1 aromatic carbocycles. The average molecular weight is 372 g/mol. The summed E-state index contributed by atoms with van der Waals surface area (Å²) in [4.78, 5) is 31.2. The van der Waals surface area contributed by atoms with Crippen LogP contribution in [0.3, 0.4) is 0 Å². The fraction of sp³-hybridized carbons (Fsp3) is 0.250. The SMILES string of the molecule is CC(C)(C)c1nc(NC(=O)c2cccc([N+](=O)[O-])c2)sc1-n1cncn1. The van der Waals surface area contributed by atoms with Gasteiger partial charge in [0.2, 0.25) is 0 Å². The van der Waals surface area contributed by atoms with Crippen LogP contribution in [0.25, 0.3) is 5.00 Å². The minimum absolute atomic E-state index is 0.143. The van der Waals surface area contributed by atoms with E-state index in [2.05, 4.69) is 20.4 Å². The number of nitro benzene ring substituents is 1. The monoisotopic (exact) mass is 372 g/mol. The molecule has 0 spiro atoms. The van der Waals surface area contributed by atoms with E-state index in [-0.39, 0.29) is 16.7 Å². The molecule has 0 fully saturated rings. The van der Waals surface area contributed by atoms with Crippen molar-refractivity contribution in [3.05, 3.63) is 58.3 Å². The number of hydrogen-bond acceptors (Lipinski definition) is 7. The lowest BCUT2D eigenvalue weighted by Gasteiger charge is -2.16. The van der Waals surface area contributed by atoms with E-state index in [1.54, 1.807) is 11.0 Å². The molecule has 0 atom stereocenters. The van der Waals surface area contributed by atoms with Crippen molar-refractivity contribution in [2.45, 2.75) is 26.2 Å². The van der Waals surface area contributed by atoms with Gasteiger partial charge in [0.15, 0.2) is 5.13 Å². The second-order valence-electron chi connectivity index (χ2n) is 6.52. The number of anilines is 1. The number of rotatable bonds is 4. The number of nitrogens with zero attached hydrogens (tertiary/aromatic N) is 5. The van der Waals surface area contributed by atoms with Gasteiger partial charge in [0.05, 0.1) is 10.6 Å². The maximum atomic E-state index is 12.4. The van der Waals surface area contributed by atoms with Crippen LogP contribution in [0.1, 0.15) is 36.8 Å². The number of carbonyl (C=O) groups is 1. The molecule has 3 rings (SSSR count). The van der Waals surface area contributed by atoms with Crippen molar-refractivity contribution in [2.24, 2.45) is 0 Å². The summed E-state index contributed by atoms with van der Waals surface area (Å²) in [5.41, 5.74) is 0.540. The van der Waals surface area contributed by atoms with Crippen LogP contribution in [-0.2, 0) is 5.41 Å². The molecular weight excluding hydrogens is 356 g/mol. The number of nitro groups is 1. The molecule has 0 aliphatic carbocycles. The highest BCUT2D eigenvalue weighted by Crippen LogP contribution is 2.34. The van der Waals surface area contributed by atoms with Crippen LogP contribution >= 0.6 is 11.3 Å². The zero-order chi connectivity index (χ0) is 18.9. The molecule has 0 radical (unpaired) electrons. The van der Waals surface area contributed by atoms with Gasteiger partial charge in [0, 0.05) is 23.1 Å². The number of benzene rings is 1. The Hall–Kier alpha value is -3.14. The summed E-state index contributed by atoms with van der Waals surface area (Å²) in [7, 11) is 0. The topological polar surface area (TPSA) is 116 Å². The predicted octanol–water partition coefficient (Wildman–Crippen LogP) is 3.18. The summed E-state index contributed by atoms with van der Waals surface area (Å²) in [5, 5.41) is 18.8. The molecule has 1 amide bonds. The summed E-state index contributed by atoms with van der Waals surface area (Å²) < 4.78 is 1.60. The van der Waals surface area contributed by atoms with Crippen molar-refractivity contribution in [3.63, 3.8) is 0 Å². The van der Waals surface area contributed by atoms with Gasteiger partial charge in [0.25, 0.3) is 11.6 Å². The zero-order valence-corrected chi connectivity index (χ0v) is 15.1. The number of thiazole rings is 1. The lowest BCUT2D eigenvalue weighted by atomic mass is 9.92. The third kappa shape index (κ3) is 3.59. The summed E-state index contributed by atoms with van der Waals surface area (Å²) >= 11 is 1.26. The number of aromatic nitrogens is 4. The molecule has 0 unspecified atom stereocenters. The zero-order valence-electron chi connectivity index (χ0n) is 14.3. The van der Waals surface area contributed by atoms with Crippen molar-refractivity contribution >= 4 is 28.1 Å². The minimum atomic E-state index is -0.541. The van der Waals surface area contributed by atoms with E-state index in [1.807, 2.05) is 20.8 Å². The summed E-state index contributed by atoms with van der Waals surface area (Å²) in [6, 6.07) is 5.54. The first-order chi connectivity index (χ1) is 12.3. The number of amides is 1.